The molecule has 0 aliphatic carbocycles. The fourth-order valence-corrected chi connectivity index (χ4v) is 5.25. The average Bonchev–Trinajstić information content (AvgIpc) is 2.86. The summed E-state index contributed by atoms with van der Waals surface area (Å²) in [6, 6.07) is 2.08. The van der Waals surface area contributed by atoms with Gasteiger partial charge in [0.15, 0.2) is 0 Å². The molecule has 1 saturated heterocycles. The molecule has 1 aliphatic rings. The van der Waals surface area contributed by atoms with Crippen LogP contribution in [0.25, 0.3) is 0 Å². The minimum absolute atomic E-state index is 0.359. The summed E-state index contributed by atoms with van der Waals surface area (Å²) in [5.74, 6) is 0.581. The first-order valence-electron chi connectivity index (χ1n) is 7.35. The zero-order valence-corrected chi connectivity index (χ0v) is 14.6. The van der Waals surface area contributed by atoms with Crippen LogP contribution in [0.3, 0.4) is 0 Å². The number of nitrogens with zero attached hydrogens (tertiary/aromatic N) is 2. The zero-order chi connectivity index (χ0) is 15.6. The molecule has 0 amide bonds. The molecule has 0 saturated carbocycles. The van der Waals surface area contributed by atoms with E-state index in [1.54, 1.807) is 15.8 Å². The van der Waals surface area contributed by atoms with E-state index in [1.807, 2.05) is 0 Å². The minimum Gasteiger partial charge on any atom is -0.398 e. The van der Waals surface area contributed by atoms with Gasteiger partial charge >= 0.3 is 0 Å². The van der Waals surface area contributed by atoms with Crippen molar-refractivity contribution in [1.29, 1.82) is 0 Å². The third kappa shape index (κ3) is 3.97. The summed E-state index contributed by atoms with van der Waals surface area (Å²) >= 11 is 1.20. The second-order valence-corrected chi connectivity index (χ2v) is 9.16. The highest BCUT2D eigenvalue weighted by atomic mass is 32.2. The van der Waals surface area contributed by atoms with Gasteiger partial charge in [0.05, 0.1) is 0 Å². The lowest BCUT2D eigenvalue weighted by molar-refractivity contribution is 0.182. The van der Waals surface area contributed by atoms with Crippen LogP contribution < -0.4 is 5.73 Å². The van der Waals surface area contributed by atoms with Crippen molar-refractivity contribution < 1.29 is 8.42 Å². The van der Waals surface area contributed by atoms with E-state index in [1.165, 1.54) is 11.3 Å². The monoisotopic (exact) mass is 331 g/mol. The molecule has 120 valence electrons. The lowest BCUT2D eigenvalue weighted by atomic mass is 9.97. The van der Waals surface area contributed by atoms with Crippen molar-refractivity contribution >= 4 is 27.0 Å². The fraction of sp³-hybridized carbons (Fsp3) is 0.714. The number of thiophene rings is 1. The molecule has 2 heterocycles. The van der Waals surface area contributed by atoms with Crippen molar-refractivity contribution in [3.05, 3.63) is 11.4 Å². The highest BCUT2D eigenvalue weighted by Crippen LogP contribution is 2.28. The maximum atomic E-state index is 12.5. The van der Waals surface area contributed by atoms with E-state index in [0.717, 1.165) is 19.4 Å². The highest BCUT2D eigenvalue weighted by molar-refractivity contribution is 7.91. The molecule has 7 heteroatoms. The number of sulfonamides is 1. The molecule has 0 bridgehead atoms. The molecule has 0 atom stereocenters. The molecular weight excluding hydrogens is 306 g/mol. The first-order chi connectivity index (χ1) is 9.80. The van der Waals surface area contributed by atoms with Gasteiger partial charge in [-0.05, 0) is 45.7 Å². The van der Waals surface area contributed by atoms with Gasteiger partial charge in [-0.15, -0.1) is 11.3 Å². The molecular formula is C14H25N3O2S2. The van der Waals surface area contributed by atoms with Gasteiger partial charge in [-0.1, -0.05) is 0 Å². The minimum atomic E-state index is -3.35. The number of hydrogen-bond donors (Lipinski definition) is 1. The van der Waals surface area contributed by atoms with Crippen LogP contribution in [0.15, 0.2) is 15.7 Å². The Morgan fingerprint density at radius 3 is 2.52 bits per heavy atom. The molecule has 0 aromatic carbocycles. The van der Waals surface area contributed by atoms with E-state index < -0.39 is 10.0 Å². The molecule has 2 rings (SSSR count). The summed E-state index contributed by atoms with van der Waals surface area (Å²) in [5, 5.41) is 1.68. The van der Waals surface area contributed by atoms with Crippen LogP contribution in [0.5, 0.6) is 0 Å². The van der Waals surface area contributed by atoms with Crippen LogP contribution in [-0.4, -0.2) is 50.3 Å². The lowest BCUT2D eigenvalue weighted by Gasteiger charge is -2.34. The molecule has 0 radical (unpaired) electrons. The van der Waals surface area contributed by atoms with Crippen LogP contribution in [-0.2, 0) is 10.0 Å². The zero-order valence-electron chi connectivity index (χ0n) is 12.9. The van der Waals surface area contributed by atoms with E-state index in [0.29, 0.717) is 34.9 Å². The Hall–Kier alpha value is -0.630. The van der Waals surface area contributed by atoms with Gasteiger partial charge in [-0.3, -0.25) is 0 Å². The van der Waals surface area contributed by atoms with E-state index >= 15 is 0 Å². The Balaban J connectivity index is 1.95. The summed E-state index contributed by atoms with van der Waals surface area (Å²) in [4.78, 5) is 2.33. The van der Waals surface area contributed by atoms with Crippen molar-refractivity contribution in [2.24, 2.45) is 5.92 Å². The van der Waals surface area contributed by atoms with Crippen molar-refractivity contribution in [1.82, 2.24) is 9.21 Å². The van der Waals surface area contributed by atoms with E-state index in [4.69, 9.17) is 5.73 Å². The maximum absolute atomic E-state index is 12.5. The standard InChI is InChI=1S/C14H25N3O2S2/c1-11(2)16(3)9-12-4-6-17(7-5-12)21(18,19)14-8-13(15)10-20-14/h8,10-12H,4-7,9,15H2,1-3H3. The van der Waals surface area contributed by atoms with Crippen molar-refractivity contribution in [2.75, 3.05) is 32.4 Å². The lowest BCUT2D eigenvalue weighted by Crippen LogP contribution is -2.41. The third-order valence-electron chi connectivity index (χ3n) is 4.19. The third-order valence-corrected chi connectivity index (χ3v) is 7.52. The van der Waals surface area contributed by atoms with Crippen molar-refractivity contribution in [3.8, 4) is 0 Å². The summed E-state index contributed by atoms with van der Waals surface area (Å²) in [6.07, 6.45) is 1.86. The first-order valence-corrected chi connectivity index (χ1v) is 9.67. The molecule has 5 nitrogen and oxygen atoms in total. The van der Waals surface area contributed by atoms with Gasteiger partial charge in [0, 0.05) is 36.7 Å². The molecule has 0 unspecified atom stereocenters. The second kappa shape index (κ2) is 6.64. The van der Waals surface area contributed by atoms with E-state index in [-0.39, 0.29) is 0 Å². The Kier molecular flexibility index (Phi) is 5.29. The summed E-state index contributed by atoms with van der Waals surface area (Å²) < 4.78 is 27.0. The van der Waals surface area contributed by atoms with Crippen molar-refractivity contribution in [3.63, 3.8) is 0 Å². The molecule has 2 N–H and O–H groups in total. The van der Waals surface area contributed by atoms with Crippen molar-refractivity contribution in [2.45, 2.75) is 36.9 Å². The van der Waals surface area contributed by atoms with Gasteiger partial charge in [0.25, 0.3) is 10.0 Å². The quantitative estimate of drug-likeness (QED) is 0.897. The SMILES string of the molecule is CC(C)N(C)CC1CCN(S(=O)(=O)c2cc(N)cs2)CC1. The molecule has 1 aromatic rings. The Labute approximate surface area is 131 Å². The number of piperidine rings is 1. The normalized spacial score (nSPS) is 18.7. The summed E-state index contributed by atoms with van der Waals surface area (Å²) in [7, 11) is -1.22. The van der Waals surface area contributed by atoms with E-state index in [9.17, 15) is 8.42 Å². The van der Waals surface area contributed by atoms with Gasteiger partial charge in [-0.25, -0.2) is 8.42 Å². The number of rotatable bonds is 5. The maximum Gasteiger partial charge on any atom is 0.252 e. The average molecular weight is 332 g/mol. The highest BCUT2D eigenvalue weighted by Gasteiger charge is 2.30. The smallest absolute Gasteiger partial charge is 0.252 e. The Bertz CT molecular complexity index is 561. The Morgan fingerprint density at radius 1 is 1.43 bits per heavy atom. The van der Waals surface area contributed by atoms with Crippen LogP contribution in [0.4, 0.5) is 5.69 Å². The summed E-state index contributed by atoms with van der Waals surface area (Å²) in [5.41, 5.74) is 6.15. The summed E-state index contributed by atoms with van der Waals surface area (Å²) in [6.45, 7) is 6.62. The van der Waals surface area contributed by atoms with Crippen LogP contribution in [0, 0.1) is 5.92 Å². The molecule has 1 aliphatic heterocycles. The first kappa shape index (κ1) is 16.7. The van der Waals surface area contributed by atoms with Gasteiger partial charge in [0.2, 0.25) is 0 Å². The predicted molar refractivity (Wildman–Crippen MR) is 88.0 cm³/mol. The molecule has 0 spiro atoms. The van der Waals surface area contributed by atoms with Crippen LogP contribution in [0.1, 0.15) is 26.7 Å². The number of nitrogen functional groups attached to an aromatic ring is 1. The van der Waals surface area contributed by atoms with Gasteiger partial charge in [0.1, 0.15) is 4.21 Å². The number of hydrogen-bond acceptors (Lipinski definition) is 5. The second-order valence-electron chi connectivity index (χ2n) is 6.08. The topological polar surface area (TPSA) is 66.6 Å². The Morgan fingerprint density at radius 2 is 2.05 bits per heavy atom. The largest absolute Gasteiger partial charge is 0.398 e. The van der Waals surface area contributed by atoms with E-state index in [2.05, 4.69) is 25.8 Å². The predicted octanol–water partition coefficient (Wildman–Crippen LogP) is 2.07. The van der Waals surface area contributed by atoms with Gasteiger partial charge < -0.3 is 10.6 Å². The number of nitrogens with two attached hydrogens (primary N) is 1. The molecule has 1 aromatic heterocycles. The molecule has 1 fully saturated rings. The number of anilines is 1. The van der Waals surface area contributed by atoms with Crippen LogP contribution in [0.2, 0.25) is 0 Å². The van der Waals surface area contributed by atoms with Crippen LogP contribution >= 0.6 is 11.3 Å². The van der Waals surface area contributed by atoms with Gasteiger partial charge in [-0.2, -0.15) is 4.31 Å². The molecule has 21 heavy (non-hydrogen) atoms. The fourth-order valence-electron chi connectivity index (χ4n) is 2.54.